The van der Waals surface area contributed by atoms with Crippen molar-refractivity contribution in [2.45, 2.75) is 11.8 Å². The topological polar surface area (TPSA) is 127 Å². The van der Waals surface area contributed by atoms with E-state index in [0.717, 1.165) is 18.2 Å². The van der Waals surface area contributed by atoms with Crippen LogP contribution in [0.3, 0.4) is 0 Å². The van der Waals surface area contributed by atoms with Gasteiger partial charge in [-0.05, 0) is 49.4 Å². The number of anilines is 2. The number of nitrogens with zero attached hydrogens (tertiary/aromatic N) is 3. The molecule has 0 spiro atoms. The molecule has 0 aliphatic heterocycles. The first-order valence-electron chi connectivity index (χ1n) is 8.31. The Bertz CT molecular complexity index is 1340. The molecule has 0 radical (unpaired) electrons. The first-order valence-corrected chi connectivity index (χ1v) is 10.2. The molecule has 0 aliphatic carbocycles. The monoisotopic (exact) mass is 432 g/mol. The normalized spacial score (nSPS) is 11.7. The van der Waals surface area contributed by atoms with Crippen LogP contribution < -0.4 is 10.5 Å². The standard InChI is InChI=1S/C18H14ClFN6O2S/c1-9-15-16(21)24-25-18(15)23-17(22-9)10-2-5-12(6-3-10)26-29(27,28)14-7-4-11(20)8-13(14)19/h2-8,26H,1H3,(H3,21,22,23,24,25). The number of halogens is 2. The first kappa shape index (κ1) is 19.1. The predicted molar refractivity (Wildman–Crippen MR) is 108 cm³/mol. The maximum Gasteiger partial charge on any atom is 0.263 e. The predicted octanol–water partition coefficient (Wildman–Crippen LogP) is 3.50. The number of aromatic nitrogens is 4. The van der Waals surface area contributed by atoms with Gasteiger partial charge in [0.2, 0.25) is 0 Å². The van der Waals surface area contributed by atoms with Gasteiger partial charge in [-0.1, -0.05) is 11.6 Å². The Morgan fingerprint density at radius 1 is 1.14 bits per heavy atom. The van der Waals surface area contributed by atoms with Crippen molar-refractivity contribution in [1.29, 1.82) is 0 Å². The van der Waals surface area contributed by atoms with Crippen LogP contribution in [0.2, 0.25) is 5.02 Å². The Labute approximate surface area is 170 Å². The Balaban J connectivity index is 1.63. The van der Waals surface area contributed by atoms with Crippen LogP contribution in [0.15, 0.2) is 47.4 Å². The van der Waals surface area contributed by atoms with Gasteiger partial charge in [0.15, 0.2) is 11.5 Å². The lowest BCUT2D eigenvalue weighted by molar-refractivity contribution is 0.600. The largest absolute Gasteiger partial charge is 0.383 e. The average molecular weight is 433 g/mol. The highest BCUT2D eigenvalue weighted by Crippen LogP contribution is 2.27. The molecule has 4 N–H and O–H groups in total. The molecule has 8 nitrogen and oxygen atoms in total. The molecule has 2 aromatic heterocycles. The molecule has 0 unspecified atom stereocenters. The number of sulfonamides is 1. The summed E-state index contributed by atoms with van der Waals surface area (Å²) in [5, 5.41) is 7.17. The van der Waals surface area contributed by atoms with E-state index < -0.39 is 15.8 Å². The number of fused-ring (bicyclic) bond motifs is 1. The lowest BCUT2D eigenvalue weighted by Crippen LogP contribution is -2.13. The van der Waals surface area contributed by atoms with E-state index in [1.807, 2.05) is 0 Å². The van der Waals surface area contributed by atoms with Gasteiger partial charge in [0, 0.05) is 11.3 Å². The average Bonchev–Trinajstić information content (AvgIpc) is 3.03. The highest BCUT2D eigenvalue weighted by atomic mass is 35.5. The van der Waals surface area contributed by atoms with Crippen LogP contribution in [0.4, 0.5) is 15.9 Å². The minimum absolute atomic E-state index is 0.204. The molecule has 0 fully saturated rings. The Hall–Kier alpha value is -3.24. The van der Waals surface area contributed by atoms with Gasteiger partial charge >= 0.3 is 0 Å². The molecule has 4 aromatic rings. The number of rotatable bonds is 4. The molecule has 2 heterocycles. The Morgan fingerprint density at radius 3 is 2.55 bits per heavy atom. The number of H-pyrrole nitrogens is 1. The molecule has 0 saturated carbocycles. The van der Waals surface area contributed by atoms with Crippen molar-refractivity contribution in [2.75, 3.05) is 10.5 Å². The van der Waals surface area contributed by atoms with Crippen molar-refractivity contribution in [3.05, 3.63) is 59.0 Å². The fourth-order valence-corrected chi connectivity index (χ4v) is 4.43. The van der Waals surface area contributed by atoms with Gasteiger partial charge in [0.1, 0.15) is 16.5 Å². The summed E-state index contributed by atoms with van der Waals surface area (Å²) in [5.74, 6) is 0.204. The molecule has 2 aromatic carbocycles. The quantitative estimate of drug-likeness (QED) is 0.453. The number of hydrogen-bond donors (Lipinski definition) is 3. The van der Waals surface area contributed by atoms with E-state index in [0.29, 0.717) is 39.6 Å². The van der Waals surface area contributed by atoms with Crippen LogP contribution in [0, 0.1) is 12.7 Å². The number of hydrogen-bond acceptors (Lipinski definition) is 6. The summed E-state index contributed by atoms with van der Waals surface area (Å²) in [6.45, 7) is 1.80. The highest BCUT2D eigenvalue weighted by Gasteiger charge is 2.19. The van der Waals surface area contributed by atoms with Gasteiger partial charge in [0.25, 0.3) is 10.0 Å². The van der Waals surface area contributed by atoms with Crippen LogP contribution in [-0.4, -0.2) is 28.6 Å². The highest BCUT2D eigenvalue weighted by molar-refractivity contribution is 7.92. The van der Waals surface area contributed by atoms with Gasteiger partial charge in [-0.2, -0.15) is 5.10 Å². The van der Waals surface area contributed by atoms with Crippen LogP contribution in [0.5, 0.6) is 0 Å². The molecule has 11 heteroatoms. The summed E-state index contributed by atoms with van der Waals surface area (Å²) in [4.78, 5) is 8.59. The number of nitrogens with two attached hydrogens (primary N) is 1. The third-order valence-electron chi connectivity index (χ3n) is 4.20. The third kappa shape index (κ3) is 3.59. The third-order valence-corrected chi connectivity index (χ3v) is 6.07. The molecular formula is C18H14ClFN6O2S. The van der Waals surface area contributed by atoms with Gasteiger partial charge in [0.05, 0.1) is 16.1 Å². The number of nitrogen functional groups attached to an aromatic ring is 1. The van der Waals surface area contributed by atoms with Crippen LogP contribution in [0.25, 0.3) is 22.4 Å². The van der Waals surface area contributed by atoms with Gasteiger partial charge in [-0.3, -0.25) is 9.82 Å². The van der Waals surface area contributed by atoms with Crippen LogP contribution >= 0.6 is 11.6 Å². The fraction of sp³-hybridized carbons (Fsp3) is 0.0556. The summed E-state index contributed by atoms with van der Waals surface area (Å²) in [5.41, 5.74) is 7.90. The van der Waals surface area contributed by atoms with E-state index in [2.05, 4.69) is 24.9 Å². The molecule has 0 atom stereocenters. The van der Waals surface area contributed by atoms with E-state index in [9.17, 15) is 12.8 Å². The molecule has 0 aliphatic rings. The van der Waals surface area contributed by atoms with Gasteiger partial charge < -0.3 is 5.73 Å². The Morgan fingerprint density at radius 2 is 1.86 bits per heavy atom. The van der Waals surface area contributed by atoms with Crippen molar-refractivity contribution in [3.8, 4) is 11.4 Å². The van der Waals surface area contributed by atoms with E-state index >= 15 is 0 Å². The molecule has 0 amide bonds. The Kier molecular flexibility index (Phi) is 4.59. The summed E-state index contributed by atoms with van der Waals surface area (Å²) < 4.78 is 40.6. The zero-order chi connectivity index (χ0) is 20.8. The molecule has 4 rings (SSSR count). The summed E-state index contributed by atoms with van der Waals surface area (Å²) in [6.07, 6.45) is 0. The molecular weight excluding hydrogens is 419 g/mol. The summed E-state index contributed by atoms with van der Waals surface area (Å²) in [7, 11) is -3.98. The SMILES string of the molecule is Cc1nc(-c2ccc(NS(=O)(=O)c3ccc(F)cc3Cl)cc2)nc2n[nH]c(N)c12. The second-order valence-corrected chi connectivity index (χ2v) is 8.28. The number of aryl methyl sites for hydroxylation is 1. The zero-order valence-corrected chi connectivity index (χ0v) is 16.5. The van der Waals surface area contributed by atoms with E-state index in [-0.39, 0.29) is 9.92 Å². The second kappa shape index (κ2) is 6.98. The number of aromatic amines is 1. The first-order chi connectivity index (χ1) is 13.7. The second-order valence-electron chi connectivity index (χ2n) is 6.23. The molecule has 148 valence electrons. The number of benzene rings is 2. The van der Waals surface area contributed by atoms with Crippen molar-refractivity contribution in [3.63, 3.8) is 0 Å². The molecule has 0 bridgehead atoms. The zero-order valence-electron chi connectivity index (χ0n) is 14.9. The van der Waals surface area contributed by atoms with E-state index in [4.69, 9.17) is 17.3 Å². The lowest BCUT2D eigenvalue weighted by Gasteiger charge is -2.10. The number of nitrogens with one attached hydrogen (secondary N) is 2. The molecule has 29 heavy (non-hydrogen) atoms. The maximum absolute atomic E-state index is 13.2. The fourth-order valence-electron chi connectivity index (χ4n) is 2.84. The van der Waals surface area contributed by atoms with E-state index in [1.54, 1.807) is 31.2 Å². The molecule has 0 saturated heterocycles. The van der Waals surface area contributed by atoms with E-state index in [1.165, 1.54) is 0 Å². The minimum Gasteiger partial charge on any atom is -0.383 e. The van der Waals surface area contributed by atoms with Crippen molar-refractivity contribution in [2.24, 2.45) is 0 Å². The summed E-state index contributed by atoms with van der Waals surface area (Å²) >= 11 is 5.86. The van der Waals surface area contributed by atoms with Gasteiger partial charge in [-0.15, -0.1) is 0 Å². The lowest BCUT2D eigenvalue weighted by atomic mass is 10.2. The maximum atomic E-state index is 13.2. The smallest absolute Gasteiger partial charge is 0.263 e. The van der Waals surface area contributed by atoms with Crippen LogP contribution in [0.1, 0.15) is 5.69 Å². The van der Waals surface area contributed by atoms with Crippen molar-refractivity contribution >= 4 is 44.2 Å². The summed E-state index contributed by atoms with van der Waals surface area (Å²) in [6, 6.07) is 9.54. The van der Waals surface area contributed by atoms with Crippen LogP contribution in [-0.2, 0) is 10.0 Å². The van der Waals surface area contributed by atoms with Crippen molar-refractivity contribution in [1.82, 2.24) is 20.2 Å². The minimum atomic E-state index is -3.98. The van der Waals surface area contributed by atoms with Crippen molar-refractivity contribution < 1.29 is 12.8 Å². The van der Waals surface area contributed by atoms with Gasteiger partial charge in [-0.25, -0.2) is 22.8 Å².